The van der Waals surface area contributed by atoms with E-state index in [9.17, 15) is 14.9 Å². The van der Waals surface area contributed by atoms with E-state index in [1.165, 1.54) is 24.5 Å². The van der Waals surface area contributed by atoms with Crippen molar-refractivity contribution in [1.82, 2.24) is 9.55 Å². The van der Waals surface area contributed by atoms with Crippen LogP contribution in [0, 0.1) is 10.1 Å². The molecule has 0 fully saturated rings. The molecule has 0 aliphatic rings. The Morgan fingerprint density at radius 2 is 2.04 bits per heavy atom. The van der Waals surface area contributed by atoms with Crippen molar-refractivity contribution in [3.63, 3.8) is 0 Å². The Morgan fingerprint density at radius 1 is 1.28 bits per heavy atom. The summed E-state index contributed by atoms with van der Waals surface area (Å²) in [5.41, 5.74) is 2.47. The monoisotopic (exact) mass is 337 g/mol. The number of imidazole rings is 1. The molecule has 7 nitrogen and oxygen atoms in total. The predicted molar refractivity (Wildman–Crippen MR) is 92.8 cm³/mol. The Kier molecular flexibility index (Phi) is 4.56. The molecular formula is C18H15N3O4. The number of nitrogens with zero attached hydrogens (tertiary/aromatic N) is 3. The average molecular weight is 337 g/mol. The highest BCUT2D eigenvalue weighted by atomic mass is 16.6. The first kappa shape index (κ1) is 16.4. The zero-order valence-corrected chi connectivity index (χ0v) is 13.5. The second kappa shape index (κ2) is 6.96. The van der Waals surface area contributed by atoms with Gasteiger partial charge in [0.1, 0.15) is 6.33 Å². The van der Waals surface area contributed by atoms with Gasteiger partial charge in [0.05, 0.1) is 28.3 Å². The Labute approximate surface area is 143 Å². The molecule has 0 aliphatic heterocycles. The van der Waals surface area contributed by atoms with Gasteiger partial charge >= 0.3 is 5.97 Å². The van der Waals surface area contributed by atoms with Gasteiger partial charge in [0, 0.05) is 18.2 Å². The number of hydrogen-bond donors (Lipinski definition) is 0. The quantitative estimate of drug-likeness (QED) is 0.308. The van der Waals surface area contributed by atoms with E-state index >= 15 is 0 Å². The van der Waals surface area contributed by atoms with Crippen LogP contribution in [0.15, 0.2) is 60.9 Å². The molecule has 2 aromatic carbocycles. The summed E-state index contributed by atoms with van der Waals surface area (Å²) in [6.45, 7) is 2.01. The van der Waals surface area contributed by atoms with Gasteiger partial charge in [-0.3, -0.25) is 14.7 Å². The largest absolute Gasteiger partial charge is 0.463 e. The van der Waals surface area contributed by atoms with Gasteiger partial charge in [-0.15, -0.1) is 0 Å². The van der Waals surface area contributed by atoms with E-state index in [1.54, 1.807) is 17.6 Å². The number of nitro benzene ring substituents is 1. The zero-order chi connectivity index (χ0) is 17.8. The van der Waals surface area contributed by atoms with E-state index in [-0.39, 0.29) is 12.3 Å². The first-order valence-electron chi connectivity index (χ1n) is 7.66. The molecule has 7 heteroatoms. The highest BCUT2D eigenvalue weighted by molar-refractivity contribution is 5.94. The number of carbonyl (C=O) groups excluding carboxylic acids is 1. The number of aromatic nitrogens is 2. The zero-order valence-electron chi connectivity index (χ0n) is 13.5. The molecular weight excluding hydrogens is 322 g/mol. The van der Waals surface area contributed by atoms with Crippen LogP contribution in [0.25, 0.3) is 16.7 Å². The number of non-ortho nitro benzene ring substituents is 1. The fourth-order valence-corrected chi connectivity index (χ4v) is 2.50. The molecule has 126 valence electrons. The maximum absolute atomic E-state index is 12.0. The fraction of sp³-hybridized carbons (Fsp3) is 0.111. The minimum Gasteiger partial charge on any atom is -0.463 e. The summed E-state index contributed by atoms with van der Waals surface area (Å²) >= 11 is 0. The van der Waals surface area contributed by atoms with Crippen LogP contribution in [0.5, 0.6) is 0 Å². The predicted octanol–water partition coefficient (Wildman–Crippen LogP) is 3.40. The Hall–Kier alpha value is -3.48. The van der Waals surface area contributed by atoms with Crippen molar-refractivity contribution in [2.75, 3.05) is 6.61 Å². The summed E-state index contributed by atoms with van der Waals surface area (Å²) < 4.78 is 6.73. The lowest BCUT2D eigenvalue weighted by Crippen LogP contribution is -2.05. The summed E-state index contributed by atoms with van der Waals surface area (Å²) in [6, 6.07) is 13.7. The third kappa shape index (κ3) is 3.40. The van der Waals surface area contributed by atoms with Crippen molar-refractivity contribution in [3.8, 4) is 0 Å². The summed E-state index contributed by atoms with van der Waals surface area (Å²) in [5.74, 6) is -0.467. The third-order valence-electron chi connectivity index (χ3n) is 3.61. The van der Waals surface area contributed by atoms with Gasteiger partial charge in [0.25, 0.3) is 5.69 Å². The van der Waals surface area contributed by atoms with Crippen LogP contribution in [0.3, 0.4) is 0 Å². The number of benzene rings is 2. The molecule has 0 N–H and O–H groups in total. The molecule has 1 aromatic heterocycles. The highest BCUT2D eigenvalue weighted by Gasteiger charge is 2.14. The summed E-state index contributed by atoms with van der Waals surface area (Å²) in [5, 5.41) is 10.9. The molecule has 3 rings (SSSR count). The number of carbonyl (C=O) groups is 1. The maximum atomic E-state index is 12.0. The Morgan fingerprint density at radius 3 is 2.72 bits per heavy atom. The molecule has 0 spiro atoms. The van der Waals surface area contributed by atoms with E-state index < -0.39 is 10.9 Å². The van der Waals surface area contributed by atoms with Gasteiger partial charge < -0.3 is 4.74 Å². The van der Waals surface area contributed by atoms with Crippen LogP contribution in [0.2, 0.25) is 0 Å². The minimum absolute atomic E-state index is 0.0339. The normalized spacial score (nSPS) is 11.5. The van der Waals surface area contributed by atoms with Crippen molar-refractivity contribution in [3.05, 3.63) is 76.6 Å². The lowest BCUT2D eigenvalue weighted by molar-refractivity contribution is -0.384. The van der Waals surface area contributed by atoms with Gasteiger partial charge in [-0.2, -0.15) is 0 Å². The van der Waals surface area contributed by atoms with E-state index in [0.717, 1.165) is 5.56 Å². The van der Waals surface area contributed by atoms with Crippen molar-refractivity contribution in [2.45, 2.75) is 6.92 Å². The first-order valence-corrected chi connectivity index (χ1v) is 7.66. The summed E-state index contributed by atoms with van der Waals surface area (Å²) in [4.78, 5) is 26.7. The van der Waals surface area contributed by atoms with Crippen LogP contribution in [0.4, 0.5) is 5.69 Å². The van der Waals surface area contributed by atoms with E-state index in [1.807, 2.05) is 30.3 Å². The summed E-state index contributed by atoms with van der Waals surface area (Å²) in [7, 11) is 0. The molecule has 25 heavy (non-hydrogen) atoms. The molecule has 0 radical (unpaired) electrons. The molecule has 1 heterocycles. The SMILES string of the molecule is CCOC(=O)C=C(c1ccccc1)n1cnc2cc([N+](=O)[O-])ccc21. The number of hydrogen-bond acceptors (Lipinski definition) is 5. The second-order valence-corrected chi connectivity index (χ2v) is 5.19. The maximum Gasteiger partial charge on any atom is 0.332 e. The molecule has 0 saturated heterocycles. The van der Waals surface area contributed by atoms with Crippen LogP contribution >= 0.6 is 0 Å². The average Bonchev–Trinajstić information content (AvgIpc) is 3.03. The topological polar surface area (TPSA) is 87.3 Å². The van der Waals surface area contributed by atoms with Gasteiger partial charge in [-0.1, -0.05) is 30.3 Å². The van der Waals surface area contributed by atoms with Crippen LogP contribution in [0.1, 0.15) is 12.5 Å². The Bertz CT molecular complexity index is 961. The van der Waals surface area contributed by atoms with Crippen LogP contribution < -0.4 is 0 Å². The van der Waals surface area contributed by atoms with Crippen molar-refractivity contribution in [2.24, 2.45) is 0 Å². The standard InChI is InChI=1S/C18H15N3O4/c1-2-25-18(22)11-17(13-6-4-3-5-7-13)20-12-19-15-10-14(21(23)24)8-9-16(15)20/h3-12H,2H2,1H3. The van der Waals surface area contributed by atoms with Crippen molar-refractivity contribution < 1.29 is 14.5 Å². The molecule has 0 unspecified atom stereocenters. The molecule has 0 amide bonds. The van der Waals surface area contributed by atoms with E-state index in [2.05, 4.69) is 4.98 Å². The van der Waals surface area contributed by atoms with Crippen molar-refractivity contribution >= 4 is 28.4 Å². The summed E-state index contributed by atoms with van der Waals surface area (Å²) in [6.07, 6.45) is 2.92. The minimum atomic E-state index is -0.467. The van der Waals surface area contributed by atoms with Crippen molar-refractivity contribution in [1.29, 1.82) is 0 Å². The number of ether oxygens (including phenoxy) is 1. The van der Waals surface area contributed by atoms with Crippen LogP contribution in [-0.4, -0.2) is 27.1 Å². The lowest BCUT2D eigenvalue weighted by Gasteiger charge is -2.10. The lowest BCUT2D eigenvalue weighted by atomic mass is 10.1. The molecule has 0 bridgehead atoms. The molecule has 0 saturated carbocycles. The number of rotatable bonds is 5. The van der Waals surface area contributed by atoms with Gasteiger partial charge in [0.2, 0.25) is 0 Å². The second-order valence-electron chi connectivity index (χ2n) is 5.19. The fourth-order valence-electron chi connectivity index (χ4n) is 2.50. The molecule has 0 atom stereocenters. The number of nitro groups is 1. The van der Waals surface area contributed by atoms with Gasteiger partial charge in [0.15, 0.2) is 0 Å². The van der Waals surface area contributed by atoms with E-state index in [0.29, 0.717) is 16.7 Å². The third-order valence-corrected chi connectivity index (χ3v) is 3.61. The van der Waals surface area contributed by atoms with Gasteiger partial charge in [-0.05, 0) is 18.6 Å². The molecule has 0 aliphatic carbocycles. The van der Waals surface area contributed by atoms with Crippen LogP contribution in [-0.2, 0) is 9.53 Å². The van der Waals surface area contributed by atoms with E-state index in [4.69, 9.17) is 4.74 Å². The smallest absolute Gasteiger partial charge is 0.332 e. The first-order chi connectivity index (χ1) is 12.1. The molecule has 3 aromatic rings. The number of esters is 1. The highest BCUT2D eigenvalue weighted by Crippen LogP contribution is 2.25. The number of fused-ring (bicyclic) bond motifs is 1. The van der Waals surface area contributed by atoms with Gasteiger partial charge in [-0.25, -0.2) is 9.78 Å². The Balaban J connectivity index is 2.15.